The summed E-state index contributed by atoms with van der Waals surface area (Å²) in [4.78, 5) is 25.6. The summed E-state index contributed by atoms with van der Waals surface area (Å²) in [5.41, 5.74) is 6.00. The second-order valence-electron chi connectivity index (χ2n) is 7.38. The maximum atomic E-state index is 13.2. The molecule has 7 heteroatoms. The maximum absolute atomic E-state index is 13.2. The predicted molar refractivity (Wildman–Crippen MR) is 119 cm³/mol. The van der Waals surface area contributed by atoms with Crippen LogP contribution in [0.5, 0.6) is 0 Å². The number of amides is 2. The molecule has 0 radical (unpaired) electrons. The van der Waals surface area contributed by atoms with Gasteiger partial charge in [-0.25, -0.2) is 4.39 Å². The fraction of sp³-hybridized carbons (Fsp3) is 0.125. The molecule has 1 saturated heterocycles. The van der Waals surface area contributed by atoms with Gasteiger partial charge in [0.2, 0.25) is 12.3 Å². The molecule has 0 aliphatic carbocycles. The van der Waals surface area contributed by atoms with Crippen LogP contribution >= 0.6 is 15.9 Å². The molecule has 3 aromatic rings. The summed E-state index contributed by atoms with van der Waals surface area (Å²) in [6.45, 7) is 1.99. The van der Waals surface area contributed by atoms with E-state index in [1.165, 1.54) is 24.3 Å². The number of rotatable bonds is 4. The van der Waals surface area contributed by atoms with E-state index in [1.807, 2.05) is 61.7 Å². The van der Waals surface area contributed by atoms with Crippen molar-refractivity contribution in [1.29, 1.82) is 0 Å². The first kappa shape index (κ1) is 20.9. The van der Waals surface area contributed by atoms with E-state index in [1.54, 1.807) is 4.68 Å². The molecule has 156 valence electrons. The molecule has 31 heavy (non-hydrogen) atoms. The van der Waals surface area contributed by atoms with Crippen molar-refractivity contribution >= 4 is 34.0 Å². The lowest BCUT2D eigenvalue weighted by Crippen LogP contribution is -2.42. The predicted octanol–water partition coefficient (Wildman–Crippen LogP) is 3.91. The Hall–Kier alpha value is -3.32. The summed E-state index contributed by atoms with van der Waals surface area (Å²) in [5.74, 6) is -1.19. The van der Waals surface area contributed by atoms with Gasteiger partial charge in [0.1, 0.15) is 5.82 Å². The zero-order valence-electron chi connectivity index (χ0n) is 16.7. The van der Waals surface area contributed by atoms with Crippen molar-refractivity contribution in [1.82, 2.24) is 10.7 Å². The highest BCUT2D eigenvalue weighted by molar-refractivity contribution is 9.10. The largest absolute Gasteiger partial charge is 0.334 e. The monoisotopic (exact) mass is 480 g/mol. The van der Waals surface area contributed by atoms with E-state index in [0.717, 1.165) is 21.2 Å². The number of carbonyl (C=O) groups is 2. The number of carbonyl (C=O) groups excluding carboxylic acids is 2. The molecule has 0 saturated carbocycles. The number of hydrogen-bond acceptors (Lipinski definition) is 2. The third-order valence-corrected chi connectivity index (χ3v) is 5.64. The van der Waals surface area contributed by atoms with Crippen molar-refractivity contribution in [3.05, 3.63) is 105 Å². The summed E-state index contributed by atoms with van der Waals surface area (Å²) in [6.07, 6.45) is 1.83. The van der Waals surface area contributed by atoms with Gasteiger partial charge in [-0.3, -0.25) is 9.59 Å². The Kier molecular flexibility index (Phi) is 5.95. The number of hydrazone groups is 1. The van der Waals surface area contributed by atoms with Crippen LogP contribution in [0.25, 0.3) is 0 Å². The minimum absolute atomic E-state index is 0.284. The van der Waals surface area contributed by atoms with Crippen LogP contribution in [-0.2, 0) is 4.79 Å². The summed E-state index contributed by atoms with van der Waals surface area (Å²) in [6, 6.07) is 19.4. The minimum atomic E-state index is -0.827. The molecular weight excluding hydrogens is 461 g/mol. The van der Waals surface area contributed by atoms with Gasteiger partial charge in [-0.2, -0.15) is 0 Å². The molecule has 2 amide bonds. The van der Waals surface area contributed by atoms with Crippen molar-refractivity contribution in [2.24, 2.45) is 0 Å². The maximum Gasteiger partial charge on any atom is 0.304 e. The van der Waals surface area contributed by atoms with E-state index in [0.29, 0.717) is 0 Å². The van der Waals surface area contributed by atoms with E-state index in [4.69, 9.17) is 0 Å². The number of hydrogen-bond donors (Lipinski definition) is 2. The lowest BCUT2D eigenvalue weighted by atomic mass is 9.98. The van der Waals surface area contributed by atoms with Gasteiger partial charge in [0.05, 0.1) is 0 Å². The van der Waals surface area contributed by atoms with Gasteiger partial charge in [0.15, 0.2) is 6.04 Å². The normalized spacial score (nSPS) is 19.3. The second kappa shape index (κ2) is 8.81. The standard InChI is InChI=1S/C24H19BrFN3O2/c1-15-2-6-17(7-3-15)22-21(27-23(30)18-8-12-20(26)13-9-18)24(31)28-29(22)14-16-4-10-19(25)11-5-16/h2-14,21-22H,1H3,(H-,27,28,30,31)/p+1/b29-14-/t21-,22+/m1/s1. The van der Waals surface area contributed by atoms with E-state index in [-0.39, 0.29) is 11.5 Å². The Morgan fingerprint density at radius 2 is 1.68 bits per heavy atom. The van der Waals surface area contributed by atoms with E-state index in [2.05, 4.69) is 26.7 Å². The van der Waals surface area contributed by atoms with Crippen molar-refractivity contribution in [2.45, 2.75) is 19.0 Å². The number of nitrogens with one attached hydrogen (secondary N) is 2. The van der Waals surface area contributed by atoms with Crippen LogP contribution in [0.15, 0.2) is 77.3 Å². The van der Waals surface area contributed by atoms with Crippen molar-refractivity contribution < 1.29 is 18.7 Å². The summed E-state index contributed by atoms with van der Waals surface area (Å²) in [5, 5.41) is 2.81. The van der Waals surface area contributed by atoms with Gasteiger partial charge in [-0.05, 0) is 55.5 Å². The molecule has 0 bridgehead atoms. The molecule has 0 aromatic heterocycles. The lowest BCUT2D eigenvalue weighted by Gasteiger charge is -2.15. The van der Waals surface area contributed by atoms with Crippen LogP contribution in [0.2, 0.25) is 0 Å². The van der Waals surface area contributed by atoms with Gasteiger partial charge in [-0.15, -0.1) is 10.1 Å². The highest BCUT2D eigenvalue weighted by Gasteiger charge is 2.47. The van der Waals surface area contributed by atoms with Crippen LogP contribution in [0.1, 0.15) is 33.1 Å². The van der Waals surface area contributed by atoms with E-state index < -0.39 is 23.8 Å². The number of benzene rings is 3. The molecule has 0 spiro atoms. The summed E-state index contributed by atoms with van der Waals surface area (Å²) < 4.78 is 15.9. The van der Waals surface area contributed by atoms with Crippen molar-refractivity contribution in [2.75, 3.05) is 0 Å². The number of hydrazine groups is 1. The molecule has 1 aliphatic rings. The van der Waals surface area contributed by atoms with Crippen LogP contribution in [0, 0.1) is 12.7 Å². The third-order valence-electron chi connectivity index (χ3n) is 5.11. The second-order valence-corrected chi connectivity index (χ2v) is 8.29. The quantitative estimate of drug-likeness (QED) is 0.556. The fourth-order valence-corrected chi connectivity index (χ4v) is 3.74. The van der Waals surface area contributed by atoms with Gasteiger partial charge in [0, 0.05) is 21.2 Å². The van der Waals surface area contributed by atoms with Gasteiger partial charge in [0.25, 0.3) is 5.91 Å². The Morgan fingerprint density at radius 3 is 2.32 bits per heavy atom. The fourth-order valence-electron chi connectivity index (χ4n) is 3.48. The van der Waals surface area contributed by atoms with E-state index in [9.17, 15) is 14.0 Å². The molecular formula is C24H20BrFN3O2+. The van der Waals surface area contributed by atoms with Gasteiger partial charge >= 0.3 is 5.91 Å². The topological polar surface area (TPSA) is 61.2 Å². The molecule has 3 aromatic carbocycles. The zero-order chi connectivity index (χ0) is 22.0. The number of aryl methyl sites for hydroxylation is 1. The Labute approximate surface area is 187 Å². The van der Waals surface area contributed by atoms with E-state index >= 15 is 0 Å². The Morgan fingerprint density at radius 1 is 1.03 bits per heavy atom. The molecule has 5 nitrogen and oxygen atoms in total. The van der Waals surface area contributed by atoms with Gasteiger partial charge < -0.3 is 5.32 Å². The molecule has 4 rings (SSSR count). The third kappa shape index (κ3) is 4.72. The van der Waals surface area contributed by atoms with Crippen LogP contribution < -0.4 is 10.7 Å². The van der Waals surface area contributed by atoms with Crippen molar-refractivity contribution in [3.8, 4) is 0 Å². The first-order chi connectivity index (χ1) is 14.9. The Bertz CT molecular complexity index is 1140. The molecule has 2 N–H and O–H groups in total. The first-order valence-corrected chi connectivity index (χ1v) is 10.5. The zero-order valence-corrected chi connectivity index (χ0v) is 18.3. The number of halogens is 2. The average molecular weight is 481 g/mol. The van der Waals surface area contributed by atoms with Crippen LogP contribution in [-0.4, -0.2) is 28.8 Å². The molecule has 1 fully saturated rings. The van der Waals surface area contributed by atoms with Crippen LogP contribution in [0.3, 0.4) is 0 Å². The van der Waals surface area contributed by atoms with Gasteiger partial charge in [-0.1, -0.05) is 45.8 Å². The number of nitrogens with zero attached hydrogens (tertiary/aromatic N) is 1. The average Bonchev–Trinajstić information content (AvgIpc) is 3.05. The molecule has 1 heterocycles. The Balaban J connectivity index is 1.69. The van der Waals surface area contributed by atoms with Crippen molar-refractivity contribution in [3.63, 3.8) is 0 Å². The minimum Gasteiger partial charge on any atom is -0.334 e. The molecule has 1 aliphatic heterocycles. The molecule has 2 atom stereocenters. The summed E-state index contributed by atoms with van der Waals surface area (Å²) >= 11 is 3.42. The highest BCUT2D eigenvalue weighted by Crippen LogP contribution is 2.26. The highest BCUT2D eigenvalue weighted by atomic mass is 79.9. The lowest BCUT2D eigenvalue weighted by molar-refractivity contribution is -0.596. The molecule has 0 unspecified atom stereocenters. The smallest absolute Gasteiger partial charge is 0.304 e. The first-order valence-electron chi connectivity index (χ1n) is 9.73. The van der Waals surface area contributed by atoms with Crippen LogP contribution in [0.4, 0.5) is 4.39 Å². The SMILES string of the molecule is Cc1ccc([C@H]2[C@@H](NC(=O)c3ccc(F)cc3)C(=O)N/[N+]2=C\c2ccc(Br)cc2)cc1. The summed E-state index contributed by atoms with van der Waals surface area (Å²) in [7, 11) is 0.